The van der Waals surface area contributed by atoms with Crippen LogP contribution in [0.5, 0.6) is 5.75 Å². The minimum absolute atomic E-state index is 0.204. The van der Waals surface area contributed by atoms with Crippen molar-refractivity contribution >= 4 is 5.91 Å². The third-order valence-electron chi connectivity index (χ3n) is 6.09. The molecule has 7 nitrogen and oxygen atoms in total. The van der Waals surface area contributed by atoms with Crippen molar-refractivity contribution in [2.75, 3.05) is 7.11 Å². The lowest BCUT2D eigenvalue weighted by Gasteiger charge is -2.11. The van der Waals surface area contributed by atoms with E-state index < -0.39 is 0 Å². The minimum atomic E-state index is -0.204. The molecule has 0 fully saturated rings. The van der Waals surface area contributed by atoms with Gasteiger partial charge in [0.25, 0.3) is 11.9 Å². The lowest BCUT2D eigenvalue weighted by molar-refractivity contribution is 0.0950. The number of aryl methyl sites for hydroxylation is 2. The highest BCUT2D eigenvalue weighted by atomic mass is 16.5. The first-order valence-corrected chi connectivity index (χ1v) is 11.0. The van der Waals surface area contributed by atoms with Crippen molar-refractivity contribution in [1.82, 2.24) is 25.1 Å². The molecule has 2 aromatic carbocycles. The van der Waals surface area contributed by atoms with Gasteiger partial charge in [-0.15, -0.1) is 0 Å². The predicted molar refractivity (Wildman–Crippen MR) is 126 cm³/mol. The molecular weight excluding hydrogens is 414 g/mol. The second-order valence-electron chi connectivity index (χ2n) is 8.10. The Balaban J connectivity index is 1.42. The molecule has 166 valence electrons. The van der Waals surface area contributed by atoms with Gasteiger partial charge in [0, 0.05) is 23.9 Å². The van der Waals surface area contributed by atoms with E-state index in [1.165, 1.54) is 5.56 Å². The Labute approximate surface area is 192 Å². The van der Waals surface area contributed by atoms with E-state index in [0.29, 0.717) is 23.8 Å². The molecule has 0 saturated heterocycles. The average molecular weight is 440 g/mol. The minimum Gasteiger partial charge on any atom is -0.496 e. The van der Waals surface area contributed by atoms with E-state index in [2.05, 4.69) is 33.6 Å². The molecule has 0 aliphatic heterocycles. The van der Waals surface area contributed by atoms with E-state index in [1.54, 1.807) is 18.0 Å². The third-order valence-corrected chi connectivity index (χ3v) is 6.09. The fraction of sp³-hybridized carbons (Fsp3) is 0.231. The van der Waals surface area contributed by atoms with Gasteiger partial charge in [-0.1, -0.05) is 42.5 Å². The van der Waals surface area contributed by atoms with E-state index in [1.807, 2.05) is 43.5 Å². The molecule has 33 heavy (non-hydrogen) atoms. The van der Waals surface area contributed by atoms with Crippen LogP contribution in [0.4, 0.5) is 0 Å². The molecule has 2 aromatic heterocycles. The van der Waals surface area contributed by atoms with Crippen LogP contribution in [0.3, 0.4) is 0 Å². The van der Waals surface area contributed by atoms with Crippen LogP contribution in [0.1, 0.15) is 39.2 Å². The number of aromatic nitrogens is 4. The molecule has 2 heterocycles. The Kier molecular flexibility index (Phi) is 5.60. The highest BCUT2D eigenvalue weighted by Crippen LogP contribution is 2.31. The maximum absolute atomic E-state index is 12.9. The van der Waals surface area contributed by atoms with E-state index in [9.17, 15) is 4.79 Å². The maximum Gasteiger partial charge on any atom is 0.255 e. The van der Waals surface area contributed by atoms with Crippen LogP contribution in [-0.2, 0) is 19.4 Å². The number of rotatable bonds is 5. The van der Waals surface area contributed by atoms with Gasteiger partial charge >= 0.3 is 0 Å². The van der Waals surface area contributed by atoms with Crippen LogP contribution < -0.4 is 10.1 Å². The zero-order valence-electron chi connectivity index (χ0n) is 18.7. The summed E-state index contributed by atoms with van der Waals surface area (Å²) >= 11 is 0. The van der Waals surface area contributed by atoms with Crippen LogP contribution in [0.15, 0.2) is 60.9 Å². The fourth-order valence-electron chi connectivity index (χ4n) is 4.31. The Bertz CT molecular complexity index is 1330. The number of hydrogen-bond acceptors (Lipinski definition) is 5. The summed E-state index contributed by atoms with van der Waals surface area (Å²) in [6, 6.07) is 16.0. The normalized spacial score (nSPS) is 12.4. The summed E-state index contributed by atoms with van der Waals surface area (Å²) < 4.78 is 6.99. The van der Waals surface area contributed by atoms with Crippen LogP contribution in [-0.4, -0.2) is 32.8 Å². The van der Waals surface area contributed by atoms with E-state index in [4.69, 9.17) is 9.72 Å². The largest absolute Gasteiger partial charge is 0.496 e. The second-order valence-corrected chi connectivity index (χ2v) is 8.10. The Hall–Kier alpha value is -4.00. The van der Waals surface area contributed by atoms with E-state index in [-0.39, 0.29) is 5.91 Å². The molecular formula is C26H25N5O2. The molecule has 1 N–H and O–H groups in total. The summed E-state index contributed by atoms with van der Waals surface area (Å²) in [7, 11) is 1.62. The van der Waals surface area contributed by atoms with Gasteiger partial charge in [0.2, 0.25) is 0 Å². The molecule has 0 unspecified atom stereocenters. The predicted octanol–water partition coefficient (Wildman–Crippen LogP) is 4.07. The lowest BCUT2D eigenvalue weighted by atomic mass is 10.0. The quantitative estimate of drug-likeness (QED) is 0.507. The number of nitrogens with one attached hydrogen (secondary N) is 1. The number of ether oxygens (including phenoxy) is 1. The van der Waals surface area contributed by atoms with Crippen molar-refractivity contribution < 1.29 is 9.53 Å². The summed E-state index contributed by atoms with van der Waals surface area (Å²) in [5.74, 6) is 1.00. The van der Waals surface area contributed by atoms with Gasteiger partial charge in [-0.25, -0.2) is 14.6 Å². The first-order valence-electron chi connectivity index (χ1n) is 11.0. The molecule has 0 bridgehead atoms. The summed E-state index contributed by atoms with van der Waals surface area (Å²) in [5, 5.41) is 7.38. The van der Waals surface area contributed by atoms with Gasteiger partial charge in [0.05, 0.1) is 30.3 Å². The molecule has 7 heteroatoms. The number of amides is 1. The van der Waals surface area contributed by atoms with E-state index in [0.717, 1.165) is 47.4 Å². The van der Waals surface area contributed by atoms with Gasteiger partial charge in [-0.05, 0) is 43.4 Å². The molecule has 0 spiro atoms. The average Bonchev–Trinajstić information content (AvgIpc) is 3.14. The second kappa shape index (κ2) is 8.86. The van der Waals surface area contributed by atoms with Crippen molar-refractivity contribution in [3.63, 3.8) is 0 Å². The molecule has 5 rings (SSSR count). The first kappa shape index (κ1) is 20.9. The van der Waals surface area contributed by atoms with Crippen molar-refractivity contribution in [2.45, 2.75) is 32.7 Å². The Morgan fingerprint density at radius 2 is 1.85 bits per heavy atom. The van der Waals surface area contributed by atoms with E-state index >= 15 is 0 Å². The van der Waals surface area contributed by atoms with Crippen molar-refractivity contribution in [1.29, 1.82) is 0 Å². The number of fused-ring (bicyclic) bond motifs is 3. The number of methoxy groups -OCH3 is 1. The number of hydrogen-bond donors (Lipinski definition) is 1. The van der Waals surface area contributed by atoms with Crippen LogP contribution in [0, 0.1) is 6.92 Å². The first-order chi connectivity index (χ1) is 16.2. The van der Waals surface area contributed by atoms with Crippen molar-refractivity contribution in [2.24, 2.45) is 0 Å². The molecule has 0 radical (unpaired) electrons. The number of benzene rings is 2. The standard InChI is InChI=1S/C26H25N5O2/c1-17-22(25(32)27-14-19-9-4-6-13-23(19)33-2)16-29-31(17)26-28-15-20-11-7-10-18-8-3-5-12-21(18)24(20)30-26/h3-6,8-9,12-13,15-16H,7,10-11,14H2,1-2H3,(H,27,32). The van der Waals surface area contributed by atoms with Gasteiger partial charge < -0.3 is 10.1 Å². The van der Waals surface area contributed by atoms with Crippen molar-refractivity contribution in [3.8, 4) is 23.0 Å². The summed E-state index contributed by atoms with van der Waals surface area (Å²) in [5.41, 5.74) is 6.63. The molecule has 0 atom stereocenters. The van der Waals surface area contributed by atoms with Gasteiger partial charge in [0.1, 0.15) is 5.75 Å². The molecule has 1 amide bonds. The van der Waals surface area contributed by atoms with Crippen LogP contribution in [0.2, 0.25) is 0 Å². The Morgan fingerprint density at radius 1 is 1.06 bits per heavy atom. The smallest absolute Gasteiger partial charge is 0.255 e. The molecule has 0 saturated carbocycles. The SMILES string of the molecule is COc1ccccc1CNC(=O)c1cnn(-c2ncc3c(n2)-c2ccccc2CCC3)c1C. The third kappa shape index (κ3) is 3.98. The number of carbonyl (C=O) groups is 1. The zero-order valence-corrected chi connectivity index (χ0v) is 18.7. The zero-order chi connectivity index (χ0) is 22.8. The Morgan fingerprint density at radius 3 is 2.73 bits per heavy atom. The summed E-state index contributed by atoms with van der Waals surface area (Å²) in [6.45, 7) is 2.22. The van der Waals surface area contributed by atoms with Crippen LogP contribution >= 0.6 is 0 Å². The lowest BCUT2D eigenvalue weighted by Crippen LogP contribution is -2.23. The molecule has 4 aromatic rings. The van der Waals surface area contributed by atoms with Crippen LogP contribution in [0.25, 0.3) is 17.2 Å². The highest BCUT2D eigenvalue weighted by molar-refractivity contribution is 5.95. The maximum atomic E-state index is 12.9. The summed E-state index contributed by atoms with van der Waals surface area (Å²) in [6.07, 6.45) is 6.50. The summed E-state index contributed by atoms with van der Waals surface area (Å²) in [4.78, 5) is 22.3. The topological polar surface area (TPSA) is 81.9 Å². The highest BCUT2D eigenvalue weighted by Gasteiger charge is 2.20. The monoisotopic (exact) mass is 439 g/mol. The molecule has 1 aliphatic rings. The molecule has 1 aliphatic carbocycles. The van der Waals surface area contributed by atoms with Gasteiger partial charge in [0.15, 0.2) is 0 Å². The number of nitrogens with zero attached hydrogens (tertiary/aromatic N) is 4. The fourth-order valence-corrected chi connectivity index (χ4v) is 4.31. The number of para-hydroxylation sites is 1. The van der Waals surface area contributed by atoms with Crippen molar-refractivity contribution in [3.05, 3.63) is 88.9 Å². The van der Waals surface area contributed by atoms with Gasteiger partial charge in [-0.3, -0.25) is 4.79 Å². The number of carbonyl (C=O) groups excluding carboxylic acids is 1. The van der Waals surface area contributed by atoms with Gasteiger partial charge in [-0.2, -0.15) is 5.10 Å².